The second-order valence-corrected chi connectivity index (χ2v) is 7.65. The molecule has 1 aliphatic heterocycles. The Morgan fingerprint density at radius 1 is 1.19 bits per heavy atom. The minimum atomic E-state index is 0.671. The van der Waals surface area contributed by atoms with Gasteiger partial charge in [-0.1, -0.05) is 56.5 Å². The lowest BCUT2D eigenvalue weighted by Crippen LogP contribution is -2.16. The van der Waals surface area contributed by atoms with E-state index in [0.717, 1.165) is 56.0 Å². The zero-order valence-electron chi connectivity index (χ0n) is 16.1. The Morgan fingerprint density at radius 3 is 2.58 bits per heavy atom. The fraction of sp³-hybridized carbons (Fsp3) is 0.476. The van der Waals surface area contributed by atoms with E-state index >= 15 is 0 Å². The Morgan fingerprint density at radius 2 is 1.96 bits per heavy atom. The number of aryl methyl sites for hydroxylation is 2. The van der Waals surface area contributed by atoms with Crippen LogP contribution in [0.1, 0.15) is 57.0 Å². The molecule has 0 radical (unpaired) electrons. The predicted octanol–water partition coefficient (Wildman–Crippen LogP) is 6.81. The van der Waals surface area contributed by atoms with E-state index in [1.807, 2.05) is 12.1 Å². The number of fused-ring (bicyclic) bond motifs is 1. The number of hydrogen-bond acceptors (Lipinski definition) is 2. The molecule has 3 nitrogen and oxygen atoms in total. The number of aromatic nitrogens is 2. The summed E-state index contributed by atoms with van der Waals surface area (Å²) in [7, 11) is 0. The van der Waals surface area contributed by atoms with Gasteiger partial charge in [0.2, 0.25) is 5.95 Å². The van der Waals surface area contributed by atoms with Gasteiger partial charge in [-0.15, -0.1) is 0 Å². The lowest BCUT2D eigenvalue weighted by molar-refractivity contribution is 0.776. The molecule has 0 spiro atoms. The molecule has 0 amide bonds. The van der Waals surface area contributed by atoms with Crippen LogP contribution < -0.4 is 4.90 Å². The van der Waals surface area contributed by atoms with Crippen molar-refractivity contribution < 1.29 is 0 Å². The van der Waals surface area contributed by atoms with E-state index in [0.29, 0.717) is 10.0 Å². The topological polar surface area (TPSA) is 21.1 Å². The summed E-state index contributed by atoms with van der Waals surface area (Å²) in [4.78, 5) is 7.26. The maximum Gasteiger partial charge on any atom is 0.210 e. The Bertz CT molecular complexity index is 813. The van der Waals surface area contributed by atoms with Crippen molar-refractivity contribution in [3.8, 4) is 0 Å². The minimum Gasteiger partial charge on any atom is -0.308 e. The van der Waals surface area contributed by atoms with E-state index < -0.39 is 0 Å². The monoisotopic (exact) mass is 391 g/mol. The van der Waals surface area contributed by atoms with Crippen LogP contribution >= 0.6 is 23.2 Å². The van der Waals surface area contributed by atoms with Gasteiger partial charge in [-0.25, -0.2) is 4.98 Å². The lowest BCUT2D eigenvalue weighted by Gasteiger charge is -2.20. The van der Waals surface area contributed by atoms with Gasteiger partial charge in [-0.3, -0.25) is 0 Å². The zero-order valence-corrected chi connectivity index (χ0v) is 17.6. The van der Waals surface area contributed by atoms with Crippen LogP contribution in [0, 0.1) is 6.92 Å². The quantitative estimate of drug-likeness (QED) is 0.539. The van der Waals surface area contributed by atoms with Crippen molar-refractivity contribution in [3.63, 3.8) is 0 Å². The van der Waals surface area contributed by atoms with Gasteiger partial charge >= 0.3 is 0 Å². The van der Waals surface area contributed by atoms with Gasteiger partial charge in [0.05, 0.1) is 22.1 Å². The molecule has 140 valence electrons. The van der Waals surface area contributed by atoms with E-state index in [2.05, 4.69) is 43.2 Å². The number of anilines is 2. The molecule has 0 saturated carbocycles. The molecule has 1 aromatic heterocycles. The van der Waals surface area contributed by atoms with Crippen molar-refractivity contribution in [2.24, 2.45) is 0 Å². The Balaban J connectivity index is 2.12. The first kappa shape index (κ1) is 19.3. The Kier molecular flexibility index (Phi) is 5.99. The molecule has 26 heavy (non-hydrogen) atoms. The highest BCUT2D eigenvalue weighted by molar-refractivity contribution is 6.36. The first-order valence-corrected chi connectivity index (χ1v) is 10.3. The molecule has 0 unspecified atom stereocenters. The van der Waals surface area contributed by atoms with Crippen LogP contribution in [0.2, 0.25) is 10.0 Å². The van der Waals surface area contributed by atoms with Gasteiger partial charge < -0.3 is 9.47 Å². The van der Waals surface area contributed by atoms with E-state index in [-0.39, 0.29) is 0 Å². The maximum absolute atomic E-state index is 6.55. The zero-order chi connectivity index (χ0) is 18.8. The molecule has 3 rings (SSSR count). The van der Waals surface area contributed by atoms with Crippen molar-refractivity contribution >= 4 is 40.4 Å². The second kappa shape index (κ2) is 8.06. The normalized spacial score (nSPS) is 14.2. The maximum atomic E-state index is 6.55. The number of nitrogens with zero attached hydrogens (tertiary/aromatic N) is 3. The molecular weight excluding hydrogens is 365 g/mol. The number of rotatable bonds is 6. The fourth-order valence-corrected chi connectivity index (χ4v) is 4.59. The summed E-state index contributed by atoms with van der Waals surface area (Å²) in [6.07, 6.45) is 6.57. The molecule has 1 aromatic carbocycles. The fourth-order valence-electron chi connectivity index (χ4n) is 3.89. The summed E-state index contributed by atoms with van der Waals surface area (Å²) < 4.78 is 2.38. The van der Waals surface area contributed by atoms with Crippen LogP contribution in [0.15, 0.2) is 18.2 Å². The number of allylic oxidation sites excluding steroid dienone is 2. The summed E-state index contributed by atoms with van der Waals surface area (Å²) in [5, 5.41) is 1.36. The third kappa shape index (κ3) is 3.39. The standard InChI is InChI=1S/C21H27Cl2N3/c1-5-8-15(9-6-2)20-18(7-3)24-21-25(10-11-26(20)21)19-14(4)12-16(22)13-17(19)23/h8,12-13H,5-7,9-11H2,1-4H3. The van der Waals surface area contributed by atoms with Crippen LogP contribution in [-0.2, 0) is 13.0 Å². The van der Waals surface area contributed by atoms with E-state index in [1.54, 1.807) is 0 Å². The van der Waals surface area contributed by atoms with Gasteiger partial charge in [-0.2, -0.15) is 0 Å². The summed E-state index contributed by atoms with van der Waals surface area (Å²) in [6, 6.07) is 3.79. The molecule has 2 aromatic rings. The second-order valence-electron chi connectivity index (χ2n) is 6.80. The predicted molar refractivity (Wildman–Crippen MR) is 113 cm³/mol. The first-order valence-electron chi connectivity index (χ1n) is 9.53. The lowest BCUT2D eigenvalue weighted by atomic mass is 10.0. The third-order valence-corrected chi connectivity index (χ3v) is 5.41. The average molecular weight is 392 g/mol. The van der Waals surface area contributed by atoms with Crippen LogP contribution in [0.5, 0.6) is 0 Å². The molecular formula is C21H27Cl2N3. The number of hydrogen-bond donors (Lipinski definition) is 0. The van der Waals surface area contributed by atoms with Gasteiger partial charge in [0.1, 0.15) is 0 Å². The van der Waals surface area contributed by atoms with Crippen molar-refractivity contribution in [3.05, 3.63) is 45.2 Å². The first-order chi connectivity index (χ1) is 12.5. The summed E-state index contributed by atoms with van der Waals surface area (Å²) in [5.41, 5.74) is 6.02. The number of benzene rings is 1. The largest absolute Gasteiger partial charge is 0.308 e. The molecule has 0 bridgehead atoms. The van der Waals surface area contributed by atoms with E-state index in [1.165, 1.54) is 17.0 Å². The van der Waals surface area contributed by atoms with Gasteiger partial charge in [0.15, 0.2) is 0 Å². The summed E-state index contributed by atoms with van der Waals surface area (Å²) in [6.45, 7) is 10.5. The van der Waals surface area contributed by atoms with Crippen molar-refractivity contribution in [2.75, 3.05) is 11.4 Å². The Hall–Kier alpha value is -1.45. The highest BCUT2D eigenvalue weighted by atomic mass is 35.5. The minimum absolute atomic E-state index is 0.671. The van der Waals surface area contributed by atoms with Crippen molar-refractivity contribution in [1.29, 1.82) is 0 Å². The molecule has 0 atom stereocenters. The van der Waals surface area contributed by atoms with Crippen LogP contribution in [0.4, 0.5) is 11.6 Å². The SMILES string of the molecule is CCC=C(CCC)c1c(CC)nc2n1CCN2c1c(C)cc(Cl)cc1Cl. The van der Waals surface area contributed by atoms with Crippen molar-refractivity contribution in [2.45, 2.75) is 59.9 Å². The van der Waals surface area contributed by atoms with Crippen molar-refractivity contribution in [1.82, 2.24) is 9.55 Å². The molecule has 2 heterocycles. The summed E-state index contributed by atoms with van der Waals surface area (Å²) in [5.74, 6) is 1.00. The third-order valence-electron chi connectivity index (χ3n) is 4.91. The summed E-state index contributed by atoms with van der Waals surface area (Å²) >= 11 is 12.7. The van der Waals surface area contributed by atoms with Crippen LogP contribution in [0.3, 0.4) is 0 Å². The number of imidazole rings is 1. The molecule has 0 aliphatic carbocycles. The van der Waals surface area contributed by atoms with Crippen LogP contribution in [-0.4, -0.2) is 16.1 Å². The van der Waals surface area contributed by atoms with Crippen LogP contribution in [0.25, 0.3) is 5.57 Å². The van der Waals surface area contributed by atoms with E-state index in [9.17, 15) is 0 Å². The number of halogens is 2. The molecule has 5 heteroatoms. The highest BCUT2D eigenvalue weighted by Crippen LogP contribution is 2.41. The van der Waals surface area contributed by atoms with Gasteiger partial charge in [0, 0.05) is 18.1 Å². The van der Waals surface area contributed by atoms with Gasteiger partial charge in [0.25, 0.3) is 0 Å². The van der Waals surface area contributed by atoms with E-state index in [4.69, 9.17) is 28.2 Å². The molecule has 1 aliphatic rings. The Labute approximate surface area is 166 Å². The highest BCUT2D eigenvalue weighted by Gasteiger charge is 2.30. The smallest absolute Gasteiger partial charge is 0.210 e. The molecule has 0 saturated heterocycles. The molecule has 0 fully saturated rings. The molecule has 0 N–H and O–H groups in total. The van der Waals surface area contributed by atoms with Gasteiger partial charge in [-0.05, 0) is 49.5 Å². The average Bonchev–Trinajstić information content (AvgIpc) is 3.13.